The van der Waals surface area contributed by atoms with Crippen molar-refractivity contribution in [3.8, 4) is 0 Å². The number of azo groups is 1. The lowest BCUT2D eigenvalue weighted by Gasteiger charge is -2.24. The Balaban J connectivity index is 1.72. The van der Waals surface area contributed by atoms with E-state index >= 15 is 0 Å². The highest BCUT2D eigenvalue weighted by Gasteiger charge is 2.19. The Morgan fingerprint density at radius 3 is 2.00 bits per heavy atom. The minimum atomic E-state index is -0.661. The van der Waals surface area contributed by atoms with Gasteiger partial charge < -0.3 is 29.4 Å². The molecule has 0 saturated heterocycles. The van der Waals surface area contributed by atoms with Crippen molar-refractivity contribution in [1.29, 1.82) is 0 Å². The zero-order valence-corrected chi connectivity index (χ0v) is 24.2. The van der Waals surface area contributed by atoms with Crippen LogP contribution in [0, 0.1) is 0 Å². The average molecular weight is 545 g/mol. The predicted octanol–water partition coefficient (Wildman–Crippen LogP) is 6.55. The van der Waals surface area contributed by atoms with Crippen LogP contribution in [0.3, 0.4) is 0 Å². The molecule has 0 heterocycles. The van der Waals surface area contributed by atoms with Crippen LogP contribution in [0.15, 0.2) is 52.7 Å². The van der Waals surface area contributed by atoms with Gasteiger partial charge in [-0.25, -0.2) is 4.79 Å². The van der Waals surface area contributed by atoms with Gasteiger partial charge in [-0.2, -0.15) is 10.2 Å². The zero-order valence-electron chi connectivity index (χ0n) is 24.2. The Morgan fingerprint density at radius 2 is 1.41 bits per heavy atom. The number of benzene rings is 2. The third-order valence-electron chi connectivity index (χ3n) is 5.17. The van der Waals surface area contributed by atoms with Gasteiger partial charge in [0.2, 0.25) is 0 Å². The van der Waals surface area contributed by atoms with Gasteiger partial charge in [-0.1, -0.05) is 20.8 Å². The van der Waals surface area contributed by atoms with Gasteiger partial charge >= 0.3 is 6.09 Å². The molecule has 216 valence electrons. The van der Waals surface area contributed by atoms with Crippen LogP contribution >= 0.6 is 0 Å². The molecule has 0 aliphatic heterocycles. The Bertz CT molecular complexity index is 1040. The molecule has 10 nitrogen and oxygen atoms in total. The number of hydrogen-bond acceptors (Lipinski definition) is 9. The van der Waals surface area contributed by atoms with E-state index in [1.165, 1.54) is 0 Å². The molecule has 0 fully saturated rings. The van der Waals surface area contributed by atoms with Crippen LogP contribution in [0.25, 0.3) is 0 Å². The van der Waals surface area contributed by atoms with Crippen LogP contribution in [0.5, 0.6) is 0 Å². The predicted molar refractivity (Wildman–Crippen MR) is 153 cm³/mol. The molecule has 10 heteroatoms. The normalized spacial score (nSPS) is 12.9. The number of ether oxygens (including phenoxy) is 4. The van der Waals surface area contributed by atoms with Crippen LogP contribution in [0.1, 0.15) is 54.0 Å². The van der Waals surface area contributed by atoms with E-state index < -0.39 is 12.3 Å². The van der Waals surface area contributed by atoms with Crippen molar-refractivity contribution in [2.45, 2.75) is 65.7 Å². The van der Waals surface area contributed by atoms with Gasteiger partial charge in [0.15, 0.2) is 0 Å². The number of aliphatic hydroxyl groups is 1. The highest BCUT2D eigenvalue weighted by Crippen LogP contribution is 2.33. The van der Waals surface area contributed by atoms with Gasteiger partial charge in [-0.15, -0.1) is 0 Å². The number of carbonyl (C=O) groups excluding carboxylic acids is 1. The number of rotatable bonds is 14. The van der Waals surface area contributed by atoms with Crippen molar-refractivity contribution in [2.75, 3.05) is 50.3 Å². The van der Waals surface area contributed by atoms with Gasteiger partial charge in [-0.3, -0.25) is 5.32 Å². The summed E-state index contributed by atoms with van der Waals surface area (Å²) in [5.74, 6) is 0. The number of anilines is 2. The van der Waals surface area contributed by atoms with Crippen LogP contribution < -0.4 is 10.6 Å². The van der Waals surface area contributed by atoms with E-state index in [0.29, 0.717) is 43.5 Å². The summed E-state index contributed by atoms with van der Waals surface area (Å²) in [4.78, 5) is 12.0. The van der Waals surface area contributed by atoms with Crippen molar-refractivity contribution in [3.63, 3.8) is 0 Å². The summed E-state index contributed by atoms with van der Waals surface area (Å²) in [6.07, 6.45) is -1.23. The third-order valence-corrected chi connectivity index (χ3v) is 5.17. The Hall–Kier alpha value is -3.05. The van der Waals surface area contributed by atoms with Crippen LogP contribution in [0.4, 0.5) is 27.5 Å². The van der Waals surface area contributed by atoms with E-state index in [-0.39, 0.29) is 24.2 Å². The molecule has 0 aliphatic rings. The maximum absolute atomic E-state index is 12.0. The summed E-state index contributed by atoms with van der Waals surface area (Å²) in [7, 11) is 0. The molecule has 1 amide bonds. The first-order chi connectivity index (χ1) is 18.3. The maximum Gasteiger partial charge on any atom is 0.411 e. The van der Waals surface area contributed by atoms with Crippen molar-refractivity contribution in [3.05, 3.63) is 48.0 Å². The molecule has 0 spiro atoms. The number of carbonyl (C=O) groups is 1. The highest BCUT2D eigenvalue weighted by atomic mass is 16.6. The summed E-state index contributed by atoms with van der Waals surface area (Å²) in [6.45, 7) is 16.3. The van der Waals surface area contributed by atoms with Crippen LogP contribution in [-0.2, 0) is 24.4 Å². The standard InChI is InChI=1S/C29H44N4O6/c1-21(34)30-26-13-12-24(20-25(26)28(2,3)4)33-32-23-10-8-22(9-11-23)31-27(35)38-18-16-36-14-15-37-17-19-39-29(5,6)7/h8-13,20-21,30,34H,14-19H2,1-7H3,(H,31,35). The van der Waals surface area contributed by atoms with Gasteiger partial charge in [0.05, 0.1) is 50.0 Å². The highest BCUT2D eigenvalue weighted by molar-refractivity contribution is 5.84. The summed E-state index contributed by atoms with van der Waals surface area (Å²) in [6, 6.07) is 12.6. The molecule has 0 aliphatic carbocycles. The molecule has 0 radical (unpaired) electrons. The molecular weight excluding hydrogens is 500 g/mol. The number of hydrogen-bond donors (Lipinski definition) is 3. The zero-order chi connectivity index (χ0) is 28.9. The summed E-state index contributed by atoms with van der Waals surface area (Å²) in [5.41, 5.74) is 3.48. The van der Waals surface area contributed by atoms with E-state index in [4.69, 9.17) is 18.9 Å². The fraction of sp³-hybridized carbons (Fsp3) is 0.552. The lowest BCUT2D eigenvalue weighted by Crippen LogP contribution is -2.22. The molecule has 1 atom stereocenters. The van der Waals surface area contributed by atoms with Crippen molar-refractivity contribution < 1.29 is 28.8 Å². The lowest BCUT2D eigenvalue weighted by molar-refractivity contribution is -0.0437. The number of amides is 1. The maximum atomic E-state index is 12.0. The van der Waals surface area contributed by atoms with Crippen LogP contribution in [0.2, 0.25) is 0 Å². The van der Waals surface area contributed by atoms with E-state index in [1.54, 1.807) is 31.2 Å². The first kappa shape index (κ1) is 32.2. The smallest absolute Gasteiger partial charge is 0.411 e. The fourth-order valence-corrected chi connectivity index (χ4v) is 3.37. The monoisotopic (exact) mass is 544 g/mol. The fourth-order valence-electron chi connectivity index (χ4n) is 3.37. The van der Waals surface area contributed by atoms with E-state index in [1.807, 2.05) is 39.0 Å². The molecule has 3 N–H and O–H groups in total. The summed E-state index contributed by atoms with van der Waals surface area (Å²) >= 11 is 0. The number of aliphatic hydroxyl groups excluding tert-OH is 1. The third kappa shape index (κ3) is 13.5. The van der Waals surface area contributed by atoms with Gasteiger partial charge in [0, 0.05) is 11.4 Å². The second-order valence-electron chi connectivity index (χ2n) is 11.0. The van der Waals surface area contributed by atoms with E-state index in [2.05, 4.69) is 41.6 Å². The van der Waals surface area contributed by atoms with Gasteiger partial charge in [0.1, 0.15) is 12.8 Å². The molecule has 0 aromatic heterocycles. The van der Waals surface area contributed by atoms with Crippen molar-refractivity contribution in [1.82, 2.24) is 0 Å². The molecule has 39 heavy (non-hydrogen) atoms. The summed E-state index contributed by atoms with van der Waals surface area (Å²) in [5, 5.41) is 24.1. The summed E-state index contributed by atoms with van der Waals surface area (Å²) < 4.78 is 21.5. The quantitative estimate of drug-likeness (QED) is 0.140. The molecule has 2 aromatic rings. The number of nitrogens with zero attached hydrogens (tertiary/aromatic N) is 2. The van der Waals surface area contributed by atoms with Crippen LogP contribution in [-0.4, -0.2) is 62.7 Å². The molecule has 1 unspecified atom stereocenters. The average Bonchev–Trinajstić information content (AvgIpc) is 2.83. The minimum Gasteiger partial charge on any atom is -0.447 e. The largest absolute Gasteiger partial charge is 0.447 e. The van der Waals surface area contributed by atoms with Crippen molar-refractivity contribution in [2.24, 2.45) is 10.2 Å². The molecule has 0 saturated carbocycles. The number of nitrogens with one attached hydrogen (secondary N) is 2. The van der Waals surface area contributed by atoms with Crippen molar-refractivity contribution >= 4 is 28.8 Å². The molecule has 2 rings (SSSR count). The Morgan fingerprint density at radius 1 is 0.846 bits per heavy atom. The van der Waals surface area contributed by atoms with E-state index in [9.17, 15) is 9.90 Å². The second kappa shape index (κ2) is 15.5. The SMILES string of the molecule is CC(O)Nc1ccc(N=Nc2ccc(NC(=O)OCCOCCOCCOC(C)(C)C)cc2)cc1C(C)(C)C. The lowest BCUT2D eigenvalue weighted by atomic mass is 9.85. The Labute approximate surface area is 232 Å². The topological polar surface area (TPSA) is 123 Å². The molecular formula is C29H44N4O6. The Kier molecular flexibility index (Phi) is 12.8. The first-order valence-corrected chi connectivity index (χ1v) is 13.2. The minimum absolute atomic E-state index is 0.132. The van der Waals surface area contributed by atoms with E-state index in [0.717, 1.165) is 11.3 Å². The second-order valence-corrected chi connectivity index (χ2v) is 11.0. The van der Waals surface area contributed by atoms with Gasteiger partial charge in [-0.05, 0) is 81.1 Å². The molecule has 2 aromatic carbocycles. The first-order valence-electron chi connectivity index (χ1n) is 13.2. The molecule has 0 bridgehead atoms. The van der Waals surface area contributed by atoms with Gasteiger partial charge in [0.25, 0.3) is 0 Å².